The van der Waals surface area contributed by atoms with Crippen LogP contribution in [0.4, 0.5) is 0 Å². The molecule has 0 aromatic heterocycles. The first-order chi connectivity index (χ1) is 16.6. The van der Waals surface area contributed by atoms with Crippen LogP contribution in [0.3, 0.4) is 0 Å². The molecule has 3 heterocycles. The maximum Gasteiger partial charge on any atom is 0.219 e. The van der Waals surface area contributed by atoms with E-state index in [0.717, 1.165) is 25.6 Å². The normalized spacial score (nSPS) is 40.3. The Morgan fingerprint density at radius 2 is 1.68 bits per heavy atom. The molecule has 3 N–H and O–H groups in total. The van der Waals surface area contributed by atoms with Crippen LogP contribution in [0, 0.1) is 5.92 Å². The lowest BCUT2D eigenvalue weighted by Crippen LogP contribution is -2.60. The zero-order valence-electron chi connectivity index (χ0n) is 21.8. The van der Waals surface area contributed by atoms with Crippen LogP contribution in [0.5, 0.6) is 0 Å². The predicted molar refractivity (Wildman–Crippen MR) is 138 cm³/mol. The molecular formula is C27H50N6O. The van der Waals surface area contributed by atoms with E-state index in [-0.39, 0.29) is 5.91 Å². The van der Waals surface area contributed by atoms with Crippen LogP contribution in [-0.4, -0.2) is 103 Å². The molecule has 0 aromatic rings. The summed E-state index contributed by atoms with van der Waals surface area (Å²) in [7, 11) is 0. The Kier molecular flexibility index (Phi) is 8.47. The highest BCUT2D eigenvalue weighted by molar-refractivity contribution is 5.74. The quantitative estimate of drug-likeness (QED) is 0.547. The van der Waals surface area contributed by atoms with Gasteiger partial charge in [0.15, 0.2) is 0 Å². The summed E-state index contributed by atoms with van der Waals surface area (Å²) in [4.78, 5) is 19.8. The van der Waals surface area contributed by atoms with E-state index in [1.165, 1.54) is 90.5 Å². The molecule has 5 atom stereocenters. The number of nitrogens with one attached hydrogen (secondary N) is 3. The maximum atomic E-state index is 12.2. The third-order valence-electron chi connectivity index (χ3n) is 9.85. The van der Waals surface area contributed by atoms with E-state index in [2.05, 4.69) is 37.6 Å². The zero-order chi connectivity index (χ0) is 23.5. The number of likely N-dealkylation sites (N-methyl/N-ethyl adjacent to an activating group) is 1. The van der Waals surface area contributed by atoms with Crippen LogP contribution in [0.1, 0.15) is 78.1 Å². The lowest BCUT2D eigenvalue weighted by molar-refractivity contribution is -0.131. The van der Waals surface area contributed by atoms with Crippen molar-refractivity contribution >= 4 is 5.91 Å². The Morgan fingerprint density at radius 1 is 0.882 bits per heavy atom. The Morgan fingerprint density at radius 3 is 2.41 bits per heavy atom. The molecule has 0 spiro atoms. The Bertz CT molecular complexity index is 660. The van der Waals surface area contributed by atoms with Gasteiger partial charge < -0.3 is 20.4 Å². The molecule has 194 valence electrons. The number of likely N-dealkylation sites (tertiary alicyclic amines) is 1. The molecule has 5 rings (SSSR count). The lowest BCUT2D eigenvalue weighted by atomic mass is 9.80. The van der Waals surface area contributed by atoms with Crippen LogP contribution in [0.25, 0.3) is 0 Å². The van der Waals surface area contributed by atoms with Crippen molar-refractivity contribution in [3.05, 3.63) is 0 Å². The monoisotopic (exact) mass is 474 g/mol. The molecule has 7 nitrogen and oxygen atoms in total. The van der Waals surface area contributed by atoms with Crippen molar-refractivity contribution < 1.29 is 4.79 Å². The second-order valence-corrected chi connectivity index (χ2v) is 11.8. The fourth-order valence-corrected chi connectivity index (χ4v) is 7.90. The van der Waals surface area contributed by atoms with Crippen molar-refractivity contribution in [2.45, 2.75) is 114 Å². The molecule has 1 amide bonds. The average Bonchev–Trinajstić information content (AvgIpc) is 3.31. The van der Waals surface area contributed by atoms with Gasteiger partial charge in [0.1, 0.15) is 0 Å². The molecule has 5 unspecified atom stereocenters. The van der Waals surface area contributed by atoms with E-state index in [1.807, 2.05) is 0 Å². The molecule has 34 heavy (non-hydrogen) atoms. The van der Waals surface area contributed by atoms with Gasteiger partial charge in [-0.25, -0.2) is 0 Å². The number of hydrogen-bond acceptors (Lipinski definition) is 6. The summed E-state index contributed by atoms with van der Waals surface area (Å²) in [5.74, 6) is 0.986. The van der Waals surface area contributed by atoms with Gasteiger partial charge in [-0.3, -0.25) is 15.0 Å². The van der Waals surface area contributed by atoms with Gasteiger partial charge in [0.25, 0.3) is 0 Å². The first kappa shape index (κ1) is 24.9. The molecule has 3 aliphatic heterocycles. The van der Waals surface area contributed by atoms with E-state index in [1.54, 1.807) is 6.92 Å². The molecule has 7 heteroatoms. The van der Waals surface area contributed by atoms with Gasteiger partial charge in [-0.1, -0.05) is 13.3 Å². The summed E-state index contributed by atoms with van der Waals surface area (Å²) in [6.07, 6.45) is 13.2. The molecular weight excluding hydrogens is 424 g/mol. The van der Waals surface area contributed by atoms with Gasteiger partial charge in [-0.15, -0.1) is 0 Å². The highest BCUT2D eigenvalue weighted by atomic mass is 16.2. The van der Waals surface area contributed by atoms with Crippen molar-refractivity contribution in [2.24, 2.45) is 5.92 Å². The number of amides is 1. The number of carbonyl (C=O) groups excluding carboxylic acids is 1. The smallest absolute Gasteiger partial charge is 0.219 e. The van der Waals surface area contributed by atoms with Gasteiger partial charge in [-0.05, 0) is 76.8 Å². The van der Waals surface area contributed by atoms with Gasteiger partial charge in [0.05, 0.1) is 6.17 Å². The third-order valence-corrected chi connectivity index (χ3v) is 9.85. The first-order valence-electron chi connectivity index (χ1n) is 14.6. The lowest BCUT2D eigenvalue weighted by Gasteiger charge is -2.44. The molecule has 0 bridgehead atoms. The summed E-state index contributed by atoms with van der Waals surface area (Å²) >= 11 is 0. The number of fused-ring (bicyclic) bond motifs is 1. The number of nitrogens with zero attached hydrogens (tertiary/aromatic N) is 3. The van der Waals surface area contributed by atoms with E-state index >= 15 is 0 Å². The van der Waals surface area contributed by atoms with E-state index < -0.39 is 0 Å². The van der Waals surface area contributed by atoms with Gasteiger partial charge >= 0.3 is 0 Å². The minimum atomic E-state index is 0.272. The number of hydrogen-bond donors (Lipinski definition) is 3. The Labute approximate surface area is 207 Å². The highest BCUT2D eigenvalue weighted by Crippen LogP contribution is 2.37. The minimum Gasteiger partial charge on any atom is -0.338 e. The van der Waals surface area contributed by atoms with E-state index in [9.17, 15) is 4.79 Å². The molecule has 3 saturated heterocycles. The molecule has 5 aliphatic rings. The van der Waals surface area contributed by atoms with E-state index in [4.69, 9.17) is 0 Å². The van der Waals surface area contributed by atoms with Gasteiger partial charge in [-0.2, -0.15) is 0 Å². The summed E-state index contributed by atoms with van der Waals surface area (Å²) in [6.45, 7) is 12.3. The van der Waals surface area contributed by atoms with Crippen LogP contribution in [-0.2, 0) is 4.79 Å². The van der Waals surface area contributed by atoms with Crippen molar-refractivity contribution in [1.29, 1.82) is 0 Å². The standard InChI is InChI=1S/C27H50N6O/c1-3-31-15-17-32(18-16-31)24-9-7-22(8-10-24)30-26-19-23(11-13-28-26)29-25-6-4-5-21-12-14-33(20(2)34)27(21)25/h21-30H,3-19H2,1-2H3. The first-order valence-corrected chi connectivity index (χ1v) is 14.6. The van der Waals surface area contributed by atoms with Crippen LogP contribution in [0.2, 0.25) is 0 Å². The van der Waals surface area contributed by atoms with Crippen molar-refractivity contribution in [2.75, 3.05) is 45.8 Å². The zero-order valence-corrected chi connectivity index (χ0v) is 21.8. The summed E-state index contributed by atoms with van der Waals surface area (Å²) in [5.41, 5.74) is 0. The number of piperazine rings is 1. The molecule has 5 fully saturated rings. The molecule has 2 aliphatic carbocycles. The summed E-state index contributed by atoms with van der Waals surface area (Å²) < 4.78 is 0. The van der Waals surface area contributed by atoms with Gasteiger partial charge in [0.2, 0.25) is 5.91 Å². The molecule has 0 aromatic carbocycles. The summed E-state index contributed by atoms with van der Waals surface area (Å²) in [5, 5.41) is 11.8. The fourth-order valence-electron chi connectivity index (χ4n) is 7.90. The highest BCUT2D eigenvalue weighted by Gasteiger charge is 2.43. The largest absolute Gasteiger partial charge is 0.338 e. The Balaban J connectivity index is 1.07. The molecule has 2 saturated carbocycles. The number of carbonyl (C=O) groups is 1. The van der Waals surface area contributed by atoms with Crippen LogP contribution in [0.15, 0.2) is 0 Å². The average molecular weight is 475 g/mol. The maximum absolute atomic E-state index is 12.2. The predicted octanol–water partition coefficient (Wildman–Crippen LogP) is 1.98. The van der Waals surface area contributed by atoms with E-state index in [0.29, 0.717) is 36.3 Å². The van der Waals surface area contributed by atoms with Crippen molar-refractivity contribution in [3.8, 4) is 0 Å². The minimum absolute atomic E-state index is 0.272. The summed E-state index contributed by atoms with van der Waals surface area (Å²) in [6, 6.07) is 2.94. The fraction of sp³-hybridized carbons (Fsp3) is 0.963. The number of piperidine rings is 1. The van der Waals surface area contributed by atoms with Crippen molar-refractivity contribution in [1.82, 2.24) is 30.7 Å². The second-order valence-electron chi connectivity index (χ2n) is 11.8. The van der Waals surface area contributed by atoms with Gasteiger partial charge in [0, 0.05) is 69.9 Å². The van der Waals surface area contributed by atoms with Crippen molar-refractivity contribution in [3.63, 3.8) is 0 Å². The van der Waals surface area contributed by atoms with Crippen LogP contribution >= 0.6 is 0 Å². The third kappa shape index (κ3) is 5.80. The second kappa shape index (κ2) is 11.5. The van der Waals surface area contributed by atoms with Crippen LogP contribution < -0.4 is 16.0 Å². The topological polar surface area (TPSA) is 62.9 Å². The Hall–Kier alpha value is -0.730. The number of rotatable bonds is 6. The molecule has 0 radical (unpaired) electrons. The SMILES string of the molecule is CCN1CCN(C2CCC(NC3CC(NC4CCCC5CCN(C(C)=O)C54)CCN3)CC2)CC1.